The molecule has 0 bridgehead atoms. The number of halogens is 1. The largest absolute Gasteiger partial charge is 0.366 e. The average molecular weight is 377 g/mol. The number of fused-ring (bicyclic) bond motifs is 1. The molecule has 0 atom stereocenters. The molecule has 0 saturated heterocycles. The Hall–Kier alpha value is -2.02. The first kappa shape index (κ1) is 16.8. The standard InChI is InChI=1S/C17H13ClN2O2S2/c18-12-5-1-3-10-4-2-6-13(15(10)12)24-9-14(21)20-17-11(16(19)22)7-8-23-17/h1-8H,9H2,(H2,19,22)(H,20,21). The highest BCUT2D eigenvalue weighted by molar-refractivity contribution is 8.00. The number of hydrogen-bond acceptors (Lipinski definition) is 4. The lowest BCUT2D eigenvalue weighted by Crippen LogP contribution is -2.17. The molecule has 0 unspecified atom stereocenters. The molecule has 2 aromatic carbocycles. The van der Waals surface area contributed by atoms with E-state index in [1.165, 1.54) is 23.1 Å². The van der Waals surface area contributed by atoms with Crippen LogP contribution in [0.25, 0.3) is 10.8 Å². The third-order valence-electron chi connectivity index (χ3n) is 3.36. The van der Waals surface area contributed by atoms with Gasteiger partial charge in [0.25, 0.3) is 5.91 Å². The smallest absolute Gasteiger partial charge is 0.251 e. The lowest BCUT2D eigenvalue weighted by Gasteiger charge is -2.08. The number of thioether (sulfide) groups is 1. The molecule has 122 valence electrons. The summed E-state index contributed by atoms with van der Waals surface area (Å²) in [6.07, 6.45) is 0. The molecule has 1 aromatic heterocycles. The van der Waals surface area contributed by atoms with Crippen molar-refractivity contribution in [3.8, 4) is 0 Å². The van der Waals surface area contributed by atoms with Crippen LogP contribution in [0.1, 0.15) is 10.4 Å². The van der Waals surface area contributed by atoms with Gasteiger partial charge in [0.15, 0.2) is 0 Å². The summed E-state index contributed by atoms with van der Waals surface area (Å²) in [5.74, 6) is -0.547. The highest BCUT2D eigenvalue weighted by Gasteiger charge is 2.13. The molecule has 7 heteroatoms. The first-order valence-electron chi connectivity index (χ1n) is 7.03. The van der Waals surface area contributed by atoms with Crippen LogP contribution in [-0.4, -0.2) is 17.6 Å². The summed E-state index contributed by atoms with van der Waals surface area (Å²) in [6.45, 7) is 0. The number of amides is 2. The topological polar surface area (TPSA) is 72.2 Å². The minimum Gasteiger partial charge on any atom is -0.366 e. The van der Waals surface area contributed by atoms with E-state index in [0.29, 0.717) is 15.6 Å². The maximum atomic E-state index is 12.2. The highest BCUT2D eigenvalue weighted by atomic mass is 35.5. The maximum Gasteiger partial charge on any atom is 0.251 e. The van der Waals surface area contributed by atoms with Crippen molar-refractivity contribution in [2.75, 3.05) is 11.1 Å². The van der Waals surface area contributed by atoms with Gasteiger partial charge in [-0.05, 0) is 29.0 Å². The zero-order valence-electron chi connectivity index (χ0n) is 12.4. The van der Waals surface area contributed by atoms with Crippen LogP contribution in [0.4, 0.5) is 5.00 Å². The maximum absolute atomic E-state index is 12.2. The predicted octanol–water partition coefficient (Wildman–Crippen LogP) is 4.38. The monoisotopic (exact) mass is 376 g/mol. The molecule has 0 aliphatic carbocycles. The second kappa shape index (κ2) is 7.25. The van der Waals surface area contributed by atoms with Crippen molar-refractivity contribution in [3.05, 3.63) is 58.4 Å². The zero-order valence-corrected chi connectivity index (χ0v) is 14.8. The number of nitrogens with two attached hydrogens (primary N) is 1. The van der Waals surface area contributed by atoms with Gasteiger partial charge in [0.05, 0.1) is 11.3 Å². The van der Waals surface area contributed by atoms with Crippen molar-refractivity contribution in [1.82, 2.24) is 0 Å². The van der Waals surface area contributed by atoms with Crippen LogP contribution in [0.2, 0.25) is 5.02 Å². The van der Waals surface area contributed by atoms with Gasteiger partial charge >= 0.3 is 0 Å². The van der Waals surface area contributed by atoms with E-state index in [0.717, 1.165) is 15.7 Å². The second-order valence-corrected chi connectivity index (χ2v) is 7.30. The van der Waals surface area contributed by atoms with Gasteiger partial charge < -0.3 is 11.1 Å². The average Bonchev–Trinajstić information content (AvgIpc) is 3.01. The van der Waals surface area contributed by atoms with Crippen molar-refractivity contribution in [1.29, 1.82) is 0 Å². The van der Waals surface area contributed by atoms with E-state index < -0.39 is 5.91 Å². The first-order chi connectivity index (χ1) is 11.6. The normalized spacial score (nSPS) is 10.7. The van der Waals surface area contributed by atoms with E-state index in [2.05, 4.69) is 5.32 Å². The molecular weight excluding hydrogens is 364 g/mol. The van der Waals surface area contributed by atoms with E-state index in [9.17, 15) is 9.59 Å². The highest BCUT2D eigenvalue weighted by Crippen LogP contribution is 2.33. The Balaban J connectivity index is 1.73. The number of thiophene rings is 1. The fraction of sp³-hybridized carbons (Fsp3) is 0.0588. The van der Waals surface area contributed by atoms with E-state index in [-0.39, 0.29) is 11.7 Å². The van der Waals surface area contributed by atoms with Crippen molar-refractivity contribution in [2.45, 2.75) is 4.90 Å². The zero-order chi connectivity index (χ0) is 17.1. The van der Waals surface area contributed by atoms with Crippen molar-refractivity contribution >= 4 is 62.3 Å². The predicted molar refractivity (Wildman–Crippen MR) is 101 cm³/mol. The number of hydrogen-bond donors (Lipinski definition) is 2. The fourth-order valence-electron chi connectivity index (χ4n) is 2.29. The molecule has 3 aromatic rings. The lowest BCUT2D eigenvalue weighted by atomic mass is 10.1. The molecule has 1 heterocycles. The molecular formula is C17H13ClN2O2S2. The SMILES string of the molecule is NC(=O)c1ccsc1NC(=O)CSc1cccc2cccc(Cl)c12. The van der Waals surface area contributed by atoms with Gasteiger partial charge in [-0.1, -0.05) is 35.9 Å². The Morgan fingerprint density at radius 1 is 1.17 bits per heavy atom. The summed E-state index contributed by atoms with van der Waals surface area (Å²) in [6, 6.07) is 13.2. The van der Waals surface area contributed by atoms with Crippen molar-refractivity contribution < 1.29 is 9.59 Å². The van der Waals surface area contributed by atoms with E-state index >= 15 is 0 Å². The minimum absolute atomic E-state index is 0.200. The molecule has 0 aliphatic heterocycles. The van der Waals surface area contributed by atoms with Gasteiger partial charge in [-0.25, -0.2) is 0 Å². The van der Waals surface area contributed by atoms with Crippen LogP contribution < -0.4 is 11.1 Å². The van der Waals surface area contributed by atoms with Crippen LogP contribution in [0.3, 0.4) is 0 Å². The van der Waals surface area contributed by atoms with Crippen LogP contribution in [-0.2, 0) is 4.79 Å². The Labute approximate surface area is 152 Å². The van der Waals surface area contributed by atoms with Gasteiger partial charge in [0.1, 0.15) is 5.00 Å². The molecule has 3 rings (SSSR count). The molecule has 0 radical (unpaired) electrons. The molecule has 2 amide bonds. The minimum atomic E-state index is -0.556. The van der Waals surface area contributed by atoms with E-state index in [1.54, 1.807) is 11.4 Å². The van der Waals surface area contributed by atoms with Gasteiger partial charge in [-0.2, -0.15) is 0 Å². The number of carbonyl (C=O) groups is 2. The number of benzene rings is 2. The molecule has 3 N–H and O–H groups in total. The summed E-state index contributed by atoms with van der Waals surface area (Å²) in [5.41, 5.74) is 5.60. The number of rotatable bonds is 5. The number of nitrogens with one attached hydrogen (secondary N) is 1. The van der Waals surface area contributed by atoms with Crippen LogP contribution >= 0.6 is 34.7 Å². The number of carbonyl (C=O) groups excluding carboxylic acids is 2. The van der Waals surface area contributed by atoms with Crippen LogP contribution in [0.15, 0.2) is 52.7 Å². The molecule has 0 aliphatic rings. The number of anilines is 1. The second-order valence-electron chi connectivity index (χ2n) is 4.96. The first-order valence-corrected chi connectivity index (χ1v) is 9.28. The summed E-state index contributed by atoms with van der Waals surface area (Å²) in [4.78, 5) is 24.4. The van der Waals surface area contributed by atoms with Gasteiger partial charge in [0, 0.05) is 15.3 Å². The third kappa shape index (κ3) is 3.56. The van der Waals surface area contributed by atoms with E-state index in [1.807, 2.05) is 36.4 Å². The van der Waals surface area contributed by atoms with Gasteiger partial charge in [-0.15, -0.1) is 23.1 Å². The van der Waals surface area contributed by atoms with Crippen LogP contribution in [0, 0.1) is 0 Å². The molecule has 0 saturated carbocycles. The fourth-order valence-corrected chi connectivity index (χ4v) is 4.34. The lowest BCUT2D eigenvalue weighted by molar-refractivity contribution is -0.113. The Kier molecular flexibility index (Phi) is 5.08. The summed E-state index contributed by atoms with van der Waals surface area (Å²) < 4.78 is 0. The van der Waals surface area contributed by atoms with Gasteiger partial charge in [0.2, 0.25) is 5.91 Å². The quantitative estimate of drug-likeness (QED) is 0.649. The summed E-state index contributed by atoms with van der Waals surface area (Å²) >= 11 is 8.95. The van der Waals surface area contributed by atoms with Gasteiger partial charge in [-0.3, -0.25) is 9.59 Å². The Morgan fingerprint density at radius 2 is 1.92 bits per heavy atom. The molecule has 4 nitrogen and oxygen atoms in total. The Bertz CT molecular complexity index is 919. The molecule has 0 spiro atoms. The molecule has 24 heavy (non-hydrogen) atoms. The van der Waals surface area contributed by atoms with Crippen LogP contribution in [0.5, 0.6) is 0 Å². The van der Waals surface area contributed by atoms with Crippen molar-refractivity contribution in [3.63, 3.8) is 0 Å². The van der Waals surface area contributed by atoms with Crippen molar-refractivity contribution in [2.24, 2.45) is 5.73 Å². The summed E-state index contributed by atoms with van der Waals surface area (Å²) in [7, 11) is 0. The summed E-state index contributed by atoms with van der Waals surface area (Å²) in [5, 5.41) is 7.55. The molecule has 0 fully saturated rings. The number of primary amides is 1. The third-order valence-corrected chi connectivity index (χ3v) is 5.56. The Morgan fingerprint density at radius 3 is 2.67 bits per heavy atom. The van der Waals surface area contributed by atoms with E-state index in [4.69, 9.17) is 17.3 Å².